The number of fused-ring (bicyclic) bond motifs is 1. The summed E-state index contributed by atoms with van der Waals surface area (Å²) in [5.74, 6) is -0.687. The summed E-state index contributed by atoms with van der Waals surface area (Å²) in [5, 5.41) is 5.85. The first-order valence-electron chi connectivity index (χ1n) is 12.0. The van der Waals surface area contributed by atoms with Crippen LogP contribution in [0.15, 0.2) is 102 Å². The van der Waals surface area contributed by atoms with Crippen LogP contribution in [0.5, 0.6) is 0 Å². The molecule has 2 atom stereocenters. The molecule has 0 bridgehead atoms. The minimum Gasteiger partial charge on any atom is -0.357 e. The first kappa shape index (κ1) is 23.6. The van der Waals surface area contributed by atoms with E-state index in [1.807, 2.05) is 53.9 Å². The van der Waals surface area contributed by atoms with Crippen molar-refractivity contribution in [2.45, 2.75) is 24.8 Å². The molecule has 4 nitrogen and oxygen atoms in total. The number of hydrogen-bond acceptors (Lipinski definition) is 4. The smallest absolute Gasteiger partial charge is 0.269 e. The van der Waals surface area contributed by atoms with Crippen LogP contribution in [0, 0.1) is 5.82 Å². The number of hydrogen-bond donors (Lipinski definition) is 1. The van der Waals surface area contributed by atoms with Gasteiger partial charge in [-0.15, -0.1) is 11.3 Å². The van der Waals surface area contributed by atoms with Crippen molar-refractivity contribution >= 4 is 46.0 Å². The zero-order valence-electron chi connectivity index (χ0n) is 19.7. The number of para-hydroxylation sites is 2. The van der Waals surface area contributed by atoms with Crippen molar-refractivity contribution in [1.82, 2.24) is 0 Å². The maximum Gasteiger partial charge on any atom is 0.269 e. The van der Waals surface area contributed by atoms with Gasteiger partial charge in [-0.2, -0.15) is 0 Å². The zero-order chi connectivity index (χ0) is 25.5. The van der Waals surface area contributed by atoms with Gasteiger partial charge in [0.25, 0.3) is 5.91 Å². The van der Waals surface area contributed by atoms with Crippen LogP contribution < -0.4 is 10.2 Å². The molecule has 6 rings (SSSR count). The molecule has 1 aliphatic heterocycles. The highest BCUT2D eigenvalue weighted by Gasteiger charge is 2.42. The number of carbonyl (C=O) groups excluding carboxylic acids is 2. The molecule has 1 aromatic heterocycles. The van der Waals surface area contributed by atoms with Crippen molar-refractivity contribution in [3.05, 3.63) is 128 Å². The topological polar surface area (TPSA) is 49.4 Å². The quantitative estimate of drug-likeness (QED) is 0.295. The lowest BCUT2D eigenvalue weighted by Crippen LogP contribution is -2.38. The second kappa shape index (κ2) is 9.61. The van der Waals surface area contributed by atoms with Crippen molar-refractivity contribution < 1.29 is 14.0 Å². The van der Waals surface area contributed by atoms with Crippen LogP contribution in [0.2, 0.25) is 5.02 Å². The number of Topliss-reactive ketones (excluding diaryl/α,β-unsaturated/α-hetero) is 1. The van der Waals surface area contributed by atoms with Crippen LogP contribution in [0.25, 0.3) is 0 Å². The summed E-state index contributed by atoms with van der Waals surface area (Å²) in [4.78, 5) is 30.3. The predicted octanol–water partition coefficient (Wildman–Crippen LogP) is 7.76. The Labute approximate surface area is 223 Å². The van der Waals surface area contributed by atoms with Gasteiger partial charge in [-0.1, -0.05) is 60.1 Å². The Balaban J connectivity index is 1.57. The Morgan fingerprint density at radius 2 is 1.70 bits per heavy atom. The third-order valence-electron chi connectivity index (χ3n) is 6.98. The van der Waals surface area contributed by atoms with E-state index in [9.17, 15) is 14.0 Å². The van der Waals surface area contributed by atoms with Gasteiger partial charge in [0.15, 0.2) is 5.78 Å². The molecule has 1 N–H and O–H groups in total. The lowest BCUT2D eigenvalue weighted by molar-refractivity contribution is -0.116. The van der Waals surface area contributed by atoms with E-state index in [0.29, 0.717) is 33.1 Å². The van der Waals surface area contributed by atoms with Crippen molar-refractivity contribution in [3.8, 4) is 0 Å². The van der Waals surface area contributed by atoms with Gasteiger partial charge in [-0.05, 0) is 65.2 Å². The van der Waals surface area contributed by atoms with E-state index in [-0.39, 0.29) is 29.8 Å². The average Bonchev–Trinajstić information content (AvgIpc) is 3.39. The molecule has 2 aliphatic rings. The molecule has 4 aromatic rings. The predicted molar refractivity (Wildman–Crippen MR) is 146 cm³/mol. The number of nitrogens with zero attached hydrogens (tertiary/aromatic N) is 1. The molecular formula is C30H22ClFN2O2S. The third-order valence-corrected chi connectivity index (χ3v) is 8.18. The second-order valence-electron chi connectivity index (χ2n) is 9.19. The number of thiophene rings is 1. The van der Waals surface area contributed by atoms with Crippen LogP contribution in [0.4, 0.5) is 15.8 Å². The Morgan fingerprint density at radius 3 is 2.46 bits per heavy atom. The fourth-order valence-corrected chi connectivity index (χ4v) is 6.19. The second-order valence-corrected chi connectivity index (χ2v) is 10.5. The molecule has 0 saturated heterocycles. The summed E-state index contributed by atoms with van der Waals surface area (Å²) in [6.45, 7) is 0. The largest absolute Gasteiger partial charge is 0.357 e. The number of halogens is 2. The van der Waals surface area contributed by atoms with Gasteiger partial charge in [0.1, 0.15) is 5.82 Å². The maximum atomic E-state index is 14.1. The number of ketones is 1. The molecule has 0 fully saturated rings. The molecule has 2 unspecified atom stereocenters. The van der Waals surface area contributed by atoms with E-state index >= 15 is 0 Å². The van der Waals surface area contributed by atoms with Crippen molar-refractivity contribution in [2.75, 3.05) is 10.2 Å². The number of carbonyl (C=O) groups is 2. The lowest BCUT2D eigenvalue weighted by Gasteiger charge is -2.35. The molecule has 1 amide bonds. The summed E-state index contributed by atoms with van der Waals surface area (Å²) in [5.41, 5.74) is 4.29. The van der Waals surface area contributed by atoms with Crippen LogP contribution in [-0.4, -0.2) is 11.7 Å². The highest BCUT2D eigenvalue weighted by molar-refractivity contribution is 7.12. The Hall–Kier alpha value is -3.74. The third kappa shape index (κ3) is 4.26. The van der Waals surface area contributed by atoms with E-state index in [0.717, 1.165) is 16.9 Å². The molecule has 184 valence electrons. The lowest BCUT2D eigenvalue weighted by atomic mass is 9.78. The van der Waals surface area contributed by atoms with Crippen LogP contribution in [0.1, 0.15) is 45.6 Å². The number of rotatable bonds is 3. The van der Waals surface area contributed by atoms with Crippen molar-refractivity contribution in [3.63, 3.8) is 0 Å². The van der Waals surface area contributed by atoms with Gasteiger partial charge < -0.3 is 5.32 Å². The van der Waals surface area contributed by atoms with Crippen LogP contribution in [0.3, 0.4) is 0 Å². The number of anilines is 2. The van der Waals surface area contributed by atoms with E-state index in [1.165, 1.54) is 23.5 Å². The van der Waals surface area contributed by atoms with Gasteiger partial charge in [-0.25, -0.2) is 4.39 Å². The minimum atomic E-state index is -0.712. The summed E-state index contributed by atoms with van der Waals surface area (Å²) in [6, 6.07) is 24.2. The van der Waals surface area contributed by atoms with Gasteiger partial charge in [0, 0.05) is 22.7 Å². The summed E-state index contributed by atoms with van der Waals surface area (Å²) < 4.78 is 13.6. The van der Waals surface area contributed by atoms with E-state index in [1.54, 1.807) is 29.2 Å². The molecule has 1 aliphatic carbocycles. The average molecular weight is 529 g/mol. The highest BCUT2D eigenvalue weighted by atomic mass is 35.5. The first-order valence-corrected chi connectivity index (χ1v) is 13.3. The first-order chi connectivity index (χ1) is 18.0. The fourth-order valence-electron chi connectivity index (χ4n) is 5.29. The zero-order valence-corrected chi connectivity index (χ0v) is 21.2. The Morgan fingerprint density at radius 1 is 0.946 bits per heavy atom. The fraction of sp³-hybridized carbons (Fsp3) is 0.133. The van der Waals surface area contributed by atoms with Gasteiger partial charge >= 0.3 is 0 Å². The van der Waals surface area contributed by atoms with Crippen molar-refractivity contribution in [2.24, 2.45) is 0 Å². The van der Waals surface area contributed by atoms with Gasteiger partial charge in [-0.3, -0.25) is 14.5 Å². The number of nitrogens with one attached hydrogen (secondary N) is 1. The standard InChI is InChI=1S/C30H22ClFN2O2S/c31-22-7-2-1-6-21(22)29-28-24(16-19(17-26(28)35)18-11-13-20(32)14-12-18)33-23-8-3-4-9-25(23)34(29)30(36)27-10-5-15-37-27/h1-15,19,29,33H,16-17H2. The molecule has 2 heterocycles. The monoisotopic (exact) mass is 528 g/mol. The Kier molecular flexibility index (Phi) is 6.14. The highest BCUT2D eigenvalue weighted by Crippen LogP contribution is 2.49. The van der Waals surface area contributed by atoms with Gasteiger partial charge in [0.05, 0.1) is 22.3 Å². The number of allylic oxidation sites excluding steroid dienone is 1. The molecule has 3 aromatic carbocycles. The van der Waals surface area contributed by atoms with Crippen molar-refractivity contribution in [1.29, 1.82) is 0 Å². The molecule has 37 heavy (non-hydrogen) atoms. The van der Waals surface area contributed by atoms with Crippen LogP contribution >= 0.6 is 22.9 Å². The maximum absolute atomic E-state index is 14.1. The molecule has 0 radical (unpaired) electrons. The SMILES string of the molecule is O=C1CC(c2ccc(F)cc2)CC2=C1C(c1ccccc1Cl)N(C(=O)c1cccs1)c1ccccc1N2. The Bertz CT molecular complexity index is 1530. The molecule has 7 heteroatoms. The molecule has 0 spiro atoms. The summed E-state index contributed by atoms with van der Waals surface area (Å²) in [6.07, 6.45) is 0.799. The number of amides is 1. The van der Waals surface area contributed by atoms with E-state index < -0.39 is 6.04 Å². The molecular weight excluding hydrogens is 507 g/mol. The summed E-state index contributed by atoms with van der Waals surface area (Å²) in [7, 11) is 0. The van der Waals surface area contributed by atoms with Gasteiger partial charge in [0.2, 0.25) is 0 Å². The van der Waals surface area contributed by atoms with Crippen LogP contribution in [-0.2, 0) is 4.79 Å². The summed E-state index contributed by atoms with van der Waals surface area (Å²) >= 11 is 8.09. The van der Waals surface area contributed by atoms with E-state index in [4.69, 9.17) is 11.6 Å². The normalized spacial score (nSPS) is 19.1. The molecule has 0 saturated carbocycles. The van der Waals surface area contributed by atoms with E-state index in [2.05, 4.69) is 5.32 Å². The number of benzene rings is 3. The minimum absolute atomic E-state index is 0.0650.